The minimum Gasteiger partial charge on any atom is -0.338 e. The second-order valence-corrected chi connectivity index (χ2v) is 6.18. The van der Waals surface area contributed by atoms with E-state index in [9.17, 15) is 4.79 Å². The number of anilines is 2. The Kier molecular flexibility index (Phi) is 6.24. The van der Waals surface area contributed by atoms with Crippen molar-refractivity contribution >= 4 is 17.4 Å². The monoisotopic (exact) mass is 338 g/mol. The Labute approximate surface area is 150 Å². The van der Waals surface area contributed by atoms with Crippen molar-refractivity contribution in [2.24, 2.45) is 0 Å². The number of nitrogens with one attached hydrogen (secondary N) is 1. The van der Waals surface area contributed by atoms with Crippen LogP contribution in [0.4, 0.5) is 11.5 Å². The molecule has 5 nitrogen and oxygen atoms in total. The van der Waals surface area contributed by atoms with Gasteiger partial charge in [-0.2, -0.15) is 5.10 Å². The minimum atomic E-state index is 0.125. The van der Waals surface area contributed by atoms with E-state index in [2.05, 4.69) is 48.8 Å². The van der Waals surface area contributed by atoms with Gasteiger partial charge in [-0.1, -0.05) is 19.1 Å². The van der Waals surface area contributed by atoms with E-state index in [1.165, 1.54) is 11.3 Å². The molecule has 0 saturated heterocycles. The predicted molar refractivity (Wildman–Crippen MR) is 102 cm³/mol. The van der Waals surface area contributed by atoms with Crippen LogP contribution >= 0.6 is 0 Å². The number of hydrogen-bond donors (Lipinski definition) is 1. The first-order valence-electron chi connectivity index (χ1n) is 8.59. The van der Waals surface area contributed by atoms with Crippen LogP contribution in [0.25, 0.3) is 0 Å². The molecule has 2 aromatic rings. The number of aryl methyl sites for hydroxylation is 2. The number of rotatable bonds is 4. The van der Waals surface area contributed by atoms with Gasteiger partial charge in [0.1, 0.15) is 0 Å². The van der Waals surface area contributed by atoms with Crippen molar-refractivity contribution in [1.82, 2.24) is 14.7 Å². The van der Waals surface area contributed by atoms with Gasteiger partial charge in [0.25, 0.3) is 0 Å². The smallest absolute Gasteiger partial charge is 0.219 e. The average molecular weight is 338 g/mol. The molecule has 1 N–H and O–H groups in total. The third-order valence-electron chi connectivity index (χ3n) is 4.30. The number of aromatic nitrogens is 2. The van der Waals surface area contributed by atoms with Gasteiger partial charge in [-0.15, -0.1) is 12.8 Å². The van der Waals surface area contributed by atoms with Crippen molar-refractivity contribution in [1.29, 1.82) is 0 Å². The van der Waals surface area contributed by atoms with E-state index in [0.717, 1.165) is 43.0 Å². The van der Waals surface area contributed by atoms with Gasteiger partial charge in [0.2, 0.25) is 5.91 Å². The van der Waals surface area contributed by atoms with Gasteiger partial charge in [-0.3, -0.25) is 9.48 Å². The zero-order chi connectivity index (χ0) is 18.4. The van der Waals surface area contributed by atoms with Gasteiger partial charge >= 0.3 is 0 Å². The molecule has 2 heterocycles. The van der Waals surface area contributed by atoms with Crippen LogP contribution in [0.5, 0.6) is 0 Å². The standard InChI is InChI=1S/C18H24N4O.C2H2/c1-4-9-22-17-8-10-21(14(3)23)12-16(17)18(20-22)19-15-7-5-6-13(2)11-15;1-2/h5-7,11H,4,8-10,12H2,1-3H3,(H,19,20);1-2H. The fourth-order valence-corrected chi connectivity index (χ4v) is 3.12. The zero-order valence-corrected chi connectivity index (χ0v) is 15.2. The summed E-state index contributed by atoms with van der Waals surface area (Å²) in [5.74, 6) is 1.00. The molecule has 0 fully saturated rings. The molecule has 1 aromatic carbocycles. The third kappa shape index (κ3) is 4.21. The number of carbonyl (C=O) groups excluding carboxylic acids is 1. The molecule has 25 heavy (non-hydrogen) atoms. The van der Waals surface area contributed by atoms with Crippen molar-refractivity contribution in [2.45, 2.75) is 46.7 Å². The molecule has 0 atom stereocenters. The Morgan fingerprint density at radius 3 is 2.76 bits per heavy atom. The summed E-state index contributed by atoms with van der Waals surface area (Å²) in [7, 11) is 0. The van der Waals surface area contributed by atoms with Crippen LogP contribution < -0.4 is 5.32 Å². The number of amides is 1. The van der Waals surface area contributed by atoms with Crippen LogP contribution in [0.1, 0.15) is 37.1 Å². The molecule has 0 aliphatic carbocycles. The maximum atomic E-state index is 11.7. The molecule has 1 aliphatic rings. The lowest BCUT2D eigenvalue weighted by atomic mass is 10.1. The van der Waals surface area contributed by atoms with E-state index in [1.807, 2.05) is 17.0 Å². The molecule has 0 bridgehead atoms. The highest BCUT2D eigenvalue weighted by molar-refractivity contribution is 5.74. The Balaban J connectivity index is 0.00000109. The first kappa shape index (κ1) is 18.6. The van der Waals surface area contributed by atoms with Crippen LogP contribution in [-0.4, -0.2) is 27.1 Å². The predicted octanol–water partition coefficient (Wildman–Crippen LogP) is 3.50. The summed E-state index contributed by atoms with van der Waals surface area (Å²) in [4.78, 5) is 13.6. The van der Waals surface area contributed by atoms with Gasteiger partial charge in [0.05, 0.1) is 6.54 Å². The largest absolute Gasteiger partial charge is 0.338 e. The molecule has 3 rings (SSSR count). The number of nitrogens with zero attached hydrogens (tertiary/aromatic N) is 3. The fraction of sp³-hybridized carbons (Fsp3) is 0.400. The molecule has 1 aromatic heterocycles. The number of hydrogen-bond acceptors (Lipinski definition) is 3. The summed E-state index contributed by atoms with van der Waals surface area (Å²) in [5, 5.41) is 8.21. The number of benzene rings is 1. The van der Waals surface area contributed by atoms with Crippen molar-refractivity contribution in [2.75, 3.05) is 11.9 Å². The molecule has 132 valence electrons. The fourth-order valence-electron chi connectivity index (χ4n) is 3.12. The van der Waals surface area contributed by atoms with Crippen LogP contribution in [0, 0.1) is 19.8 Å². The number of terminal acetylenes is 1. The van der Waals surface area contributed by atoms with Crippen LogP contribution in [-0.2, 0) is 24.3 Å². The summed E-state index contributed by atoms with van der Waals surface area (Å²) in [5.41, 5.74) is 4.66. The summed E-state index contributed by atoms with van der Waals surface area (Å²) in [6.07, 6.45) is 9.92. The first-order valence-corrected chi connectivity index (χ1v) is 8.59. The van der Waals surface area contributed by atoms with Gasteiger partial charge in [-0.05, 0) is 31.0 Å². The van der Waals surface area contributed by atoms with Gasteiger partial charge in [-0.25, -0.2) is 0 Å². The molecular formula is C20H26N4O. The molecule has 0 unspecified atom stereocenters. The Morgan fingerprint density at radius 1 is 1.36 bits per heavy atom. The summed E-state index contributed by atoms with van der Waals surface area (Å²) in [6.45, 7) is 8.21. The highest BCUT2D eigenvalue weighted by Crippen LogP contribution is 2.29. The number of carbonyl (C=O) groups is 1. The molecule has 5 heteroatoms. The highest BCUT2D eigenvalue weighted by Gasteiger charge is 2.26. The molecular weight excluding hydrogens is 312 g/mol. The van der Waals surface area contributed by atoms with Gasteiger partial charge in [0, 0.05) is 43.4 Å². The Morgan fingerprint density at radius 2 is 2.12 bits per heavy atom. The second kappa shape index (κ2) is 8.39. The quantitative estimate of drug-likeness (QED) is 0.868. The molecule has 1 amide bonds. The van der Waals surface area contributed by atoms with Crippen LogP contribution in [0.3, 0.4) is 0 Å². The first-order chi connectivity index (χ1) is 12.1. The SMILES string of the molecule is C#C.CCCn1nc(Nc2cccc(C)c2)c2c1CCN(C(C)=O)C2. The van der Waals surface area contributed by atoms with E-state index in [4.69, 9.17) is 5.10 Å². The molecule has 0 radical (unpaired) electrons. The van der Waals surface area contributed by atoms with E-state index in [1.54, 1.807) is 6.92 Å². The molecule has 1 aliphatic heterocycles. The molecule has 0 saturated carbocycles. The average Bonchev–Trinajstić information content (AvgIpc) is 2.94. The van der Waals surface area contributed by atoms with E-state index < -0.39 is 0 Å². The topological polar surface area (TPSA) is 50.2 Å². The lowest BCUT2D eigenvalue weighted by molar-refractivity contribution is -0.129. The van der Waals surface area contributed by atoms with Crippen molar-refractivity contribution < 1.29 is 4.79 Å². The van der Waals surface area contributed by atoms with Crippen molar-refractivity contribution in [3.8, 4) is 12.8 Å². The van der Waals surface area contributed by atoms with E-state index in [-0.39, 0.29) is 5.91 Å². The summed E-state index contributed by atoms with van der Waals surface area (Å²) < 4.78 is 2.10. The van der Waals surface area contributed by atoms with Crippen LogP contribution in [0.15, 0.2) is 24.3 Å². The lowest BCUT2D eigenvalue weighted by Crippen LogP contribution is -2.34. The summed E-state index contributed by atoms with van der Waals surface area (Å²) in [6, 6.07) is 8.27. The summed E-state index contributed by atoms with van der Waals surface area (Å²) >= 11 is 0. The van der Waals surface area contributed by atoms with Gasteiger partial charge in [0.15, 0.2) is 5.82 Å². The zero-order valence-electron chi connectivity index (χ0n) is 15.2. The molecule has 0 spiro atoms. The lowest BCUT2D eigenvalue weighted by Gasteiger charge is -2.26. The maximum Gasteiger partial charge on any atom is 0.219 e. The van der Waals surface area contributed by atoms with Crippen LogP contribution in [0.2, 0.25) is 0 Å². The van der Waals surface area contributed by atoms with E-state index in [0.29, 0.717) is 6.54 Å². The van der Waals surface area contributed by atoms with E-state index >= 15 is 0 Å². The second-order valence-electron chi connectivity index (χ2n) is 6.18. The van der Waals surface area contributed by atoms with Crippen molar-refractivity contribution in [3.63, 3.8) is 0 Å². The minimum absolute atomic E-state index is 0.125. The van der Waals surface area contributed by atoms with Crippen molar-refractivity contribution in [3.05, 3.63) is 41.1 Å². The van der Waals surface area contributed by atoms with Gasteiger partial charge < -0.3 is 10.2 Å². The number of fused-ring (bicyclic) bond motifs is 1. The maximum absolute atomic E-state index is 11.7. The Bertz CT molecular complexity index is 760. The normalized spacial score (nSPS) is 12.8. The highest BCUT2D eigenvalue weighted by atomic mass is 16.2. The third-order valence-corrected chi connectivity index (χ3v) is 4.30. The Hall–Kier alpha value is -2.74.